The Morgan fingerprint density at radius 2 is 1.79 bits per heavy atom. The molecule has 0 aromatic carbocycles. The normalized spacial score (nSPS) is 61.1. The van der Waals surface area contributed by atoms with Crippen LogP contribution in [0.1, 0.15) is 52.9 Å². The number of aliphatic hydroxyl groups is 2. The van der Waals surface area contributed by atoms with Gasteiger partial charge in [0.15, 0.2) is 28.4 Å². The Morgan fingerprint density at radius 1 is 1.05 bits per heavy atom. The second kappa shape index (κ2) is 6.01. The van der Waals surface area contributed by atoms with Crippen LogP contribution in [0.2, 0.25) is 0 Å². The number of Topliss-reactive ketones (excluding diaryl/α,β-unsaturated/α-hetero) is 1. The molecule has 2 saturated carbocycles. The Labute approximate surface area is 218 Å². The largest absolute Gasteiger partial charge is 0.455 e. The number of ether oxygens (including phenoxy) is 4. The minimum absolute atomic E-state index is 0.0200. The van der Waals surface area contributed by atoms with Gasteiger partial charge in [0.25, 0.3) is 0 Å². The predicted octanol–water partition coefficient (Wildman–Crippen LogP) is 0.670. The molecule has 0 amide bonds. The average molecular weight is 527 g/mol. The van der Waals surface area contributed by atoms with Crippen LogP contribution in [0.3, 0.4) is 0 Å². The van der Waals surface area contributed by atoms with Crippen molar-refractivity contribution < 1.29 is 48.3 Å². The van der Waals surface area contributed by atoms with Crippen LogP contribution >= 0.6 is 0 Å². The fraction of sp³-hybridized carbons (Fsp3) is 0.714. The van der Waals surface area contributed by atoms with E-state index in [1.165, 1.54) is 13.0 Å². The summed E-state index contributed by atoms with van der Waals surface area (Å²) >= 11 is 0. The van der Waals surface area contributed by atoms with E-state index in [0.29, 0.717) is 6.42 Å². The lowest BCUT2D eigenvalue weighted by Crippen LogP contribution is -2.77. The molecule has 3 aliphatic carbocycles. The molecule has 2 N–H and O–H groups in total. The van der Waals surface area contributed by atoms with E-state index in [0.717, 1.165) is 0 Å². The first-order chi connectivity index (χ1) is 17.7. The van der Waals surface area contributed by atoms with Gasteiger partial charge in [-0.2, -0.15) is 0 Å². The number of rotatable bonds is 0. The highest BCUT2D eigenvalue weighted by molar-refractivity contribution is 6.02. The van der Waals surface area contributed by atoms with Crippen molar-refractivity contribution in [1.82, 2.24) is 0 Å². The molecule has 202 valence electrons. The first-order valence-corrected chi connectivity index (χ1v) is 13.4. The molecule has 4 bridgehead atoms. The molecule has 7 fully saturated rings. The fourth-order valence-corrected chi connectivity index (χ4v) is 10.2. The third kappa shape index (κ3) is 1.91. The highest BCUT2D eigenvalue weighted by Gasteiger charge is 2.92. The molecule has 12 atom stereocenters. The molecule has 0 unspecified atom stereocenters. The molecule has 5 aliphatic heterocycles. The zero-order valence-corrected chi connectivity index (χ0v) is 21.4. The van der Waals surface area contributed by atoms with Gasteiger partial charge < -0.3 is 29.2 Å². The molecule has 0 radical (unpaired) electrons. The van der Waals surface area contributed by atoms with Crippen LogP contribution < -0.4 is 0 Å². The van der Waals surface area contributed by atoms with Crippen molar-refractivity contribution in [2.45, 2.75) is 93.3 Å². The maximum Gasteiger partial charge on any atom is 0.342 e. The molecule has 2 spiro atoms. The number of ketones is 2. The van der Waals surface area contributed by atoms with Gasteiger partial charge in [0, 0.05) is 16.9 Å². The SMILES string of the molecule is C=C1C(=O)O[C@@H]2C[C@@]1(C)[C@@H]1C(=O)[C@]3(O)O[C@@]14[C@@](O)(CC[C@H]1[C@H]3C[C@H]3O[C@]35CC=CC(=O)[C@]15C)C(=O)O[C@@]24C. The minimum atomic E-state index is -2.47. The highest BCUT2D eigenvalue weighted by Crippen LogP contribution is 2.75. The number of hydrogen-bond acceptors (Lipinski definition) is 10. The number of carbonyl (C=O) groups excluding carboxylic acids is 4. The second-order valence-electron chi connectivity index (χ2n) is 13.3. The number of hydrogen-bond donors (Lipinski definition) is 2. The summed E-state index contributed by atoms with van der Waals surface area (Å²) in [6.45, 7) is 8.91. The maximum absolute atomic E-state index is 14.6. The summed E-state index contributed by atoms with van der Waals surface area (Å²) in [6.07, 6.45) is 2.80. The quantitative estimate of drug-likeness (QED) is 0.262. The van der Waals surface area contributed by atoms with E-state index in [9.17, 15) is 29.4 Å². The number of carbonyl (C=O) groups is 4. The first kappa shape index (κ1) is 23.5. The van der Waals surface area contributed by atoms with Crippen LogP contribution in [0.4, 0.5) is 0 Å². The van der Waals surface area contributed by atoms with E-state index in [1.807, 2.05) is 0 Å². The highest BCUT2D eigenvalue weighted by atomic mass is 16.7. The van der Waals surface area contributed by atoms with Crippen molar-refractivity contribution in [3.8, 4) is 0 Å². The van der Waals surface area contributed by atoms with Gasteiger partial charge in [-0.1, -0.05) is 19.6 Å². The summed E-state index contributed by atoms with van der Waals surface area (Å²) in [7, 11) is 0. The zero-order chi connectivity index (χ0) is 27.1. The third-order valence-electron chi connectivity index (χ3n) is 12.3. The molecule has 8 aliphatic rings. The van der Waals surface area contributed by atoms with E-state index in [2.05, 4.69) is 6.58 Å². The van der Waals surface area contributed by atoms with Crippen LogP contribution in [0.15, 0.2) is 24.3 Å². The molecule has 5 saturated heterocycles. The number of esters is 2. The second-order valence-corrected chi connectivity index (χ2v) is 13.3. The Kier molecular flexibility index (Phi) is 3.72. The topological polar surface area (TPSA) is 149 Å². The minimum Gasteiger partial charge on any atom is -0.455 e. The number of allylic oxidation sites excluding steroid dienone is 1. The Hall–Kier alpha value is -2.40. The number of fused-ring (bicyclic) bond motifs is 8. The maximum atomic E-state index is 14.6. The molecule has 0 aromatic rings. The van der Waals surface area contributed by atoms with Crippen molar-refractivity contribution in [2.75, 3.05) is 0 Å². The van der Waals surface area contributed by atoms with E-state index < -0.39 is 80.6 Å². The lowest BCUT2D eigenvalue weighted by atomic mass is 9.47. The fourth-order valence-electron chi connectivity index (χ4n) is 10.2. The predicted molar refractivity (Wildman–Crippen MR) is 124 cm³/mol. The molecular weight excluding hydrogens is 496 g/mol. The van der Waals surface area contributed by atoms with Gasteiger partial charge in [-0.15, -0.1) is 0 Å². The third-order valence-corrected chi connectivity index (χ3v) is 12.3. The summed E-state index contributed by atoms with van der Waals surface area (Å²) < 4.78 is 24.2. The van der Waals surface area contributed by atoms with Gasteiger partial charge in [0.2, 0.25) is 5.79 Å². The molecule has 0 aromatic heterocycles. The lowest BCUT2D eigenvalue weighted by molar-refractivity contribution is -0.342. The van der Waals surface area contributed by atoms with Gasteiger partial charge in [0.05, 0.1) is 17.4 Å². The van der Waals surface area contributed by atoms with E-state index in [4.69, 9.17) is 18.9 Å². The summed E-state index contributed by atoms with van der Waals surface area (Å²) in [5.74, 6) is -7.90. The lowest BCUT2D eigenvalue weighted by Gasteiger charge is -2.60. The molecule has 38 heavy (non-hydrogen) atoms. The average Bonchev–Trinajstić information content (AvgIpc) is 3.45. The molecular formula is C28H30O10. The van der Waals surface area contributed by atoms with Crippen LogP contribution in [-0.4, -0.2) is 74.1 Å². The Morgan fingerprint density at radius 3 is 2.53 bits per heavy atom. The Bertz CT molecular complexity index is 1350. The van der Waals surface area contributed by atoms with Crippen molar-refractivity contribution in [3.63, 3.8) is 0 Å². The van der Waals surface area contributed by atoms with Gasteiger partial charge >= 0.3 is 11.9 Å². The summed E-state index contributed by atoms with van der Waals surface area (Å²) in [5.41, 5.74) is -9.24. The van der Waals surface area contributed by atoms with Crippen LogP contribution in [0, 0.1) is 28.6 Å². The standard InChI is InChI=1S/C28H30O10/c1-12-20(31)35-17-11-22(12,2)18-19(30)27(34)14-10-16-26(36-16)8-5-6-15(29)23(26,3)13(14)7-9-25(33)21(32)37-24(17,4)28(18,25)38-27/h5-6,13-14,16-18,33-34H,1,7-11H2,2-4H3/t13-,14+,16+,17+,18-,22+,23-,24-,25+,26+,27+,28-/m0/s1. The van der Waals surface area contributed by atoms with E-state index in [-0.39, 0.29) is 43.1 Å². The summed E-state index contributed by atoms with van der Waals surface area (Å²) in [5, 5.41) is 24.8. The molecule has 5 heterocycles. The van der Waals surface area contributed by atoms with Crippen molar-refractivity contribution >= 4 is 23.5 Å². The molecule has 8 rings (SSSR count). The first-order valence-electron chi connectivity index (χ1n) is 13.4. The van der Waals surface area contributed by atoms with Crippen LogP contribution in [0.5, 0.6) is 0 Å². The number of epoxide rings is 1. The molecule has 10 nitrogen and oxygen atoms in total. The van der Waals surface area contributed by atoms with Gasteiger partial charge in [-0.25, -0.2) is 9.59 Å². The summed E-state index contributed by atoms with van der Waals surface area (Å²) in [6, 6.07) is 0. The van der Waals surface area contributed by atoms with Gasteiger partial charge in [-0.3, -0.25) is 9.59 Å². The Balaban J connectivity index is 1.39. The van der Waals surface area contributed by atoms with Crippen LogP contribution in [0.25, 0.3) is 0 Å². The monoisotopic (exact) mass is 526 g/mol. The smallest absolute Gasteiger partial charge is 0.342 e. The van der Waals surface area contributed by atoms with Crippen molar-refractivity contribution in [3.05, 3.63) is 24.3 Å². The van der Waals surface area contributed by atoms with Crippen molar-refractivity contribution in [2.24, 2.45) is 28.6 Å². The van der Waals surface area contributed by atoms with Gasteiger partial charge in [0.1, 0.15) is 11.7 Å². The van der Waals surface area contributed by atoms with E-state index >= 15 is 0 Å². The van der Waals surface area contributed by atoms with E-state index in [1.54, 1.807) is 19.9 Å². The molecule has 10 heteroatoms. The zero-order valence-electron chi connectivity index (χ0n) is 21.4. The van der Waals surface area contributed by atoms with Crippen LogP contribution in [-0.2, 0) is 38.1 Å². The van der Waals surface area contributed by atoms with Gasteiger partial charge in [-0.05, 0) is 57.9 Å². The van der Waals surface area contributed by atoms with Crippen molar-refractivity contribution in [1.29, 1.82) is 0 Å². The summed E-state index contributed by atoms with van der Waals surface area (Å²) in [4.78, 5) is 54.7.